The fraction of sp³-hybridized carbons (Fsp3) is 0.263. The molecule has 7 nitrogen and oxygen atoms in total. The molecule has 0 saturated carbocycles. The van der Waals surface area contributed by atoms with Crippen LogP contribution in [0, 0.1) is 0 Å². The zero-order valence-corrected chi connectivity index (χ0v) is 16.7. The van der Waals surface area contributed by atoms with Gasteiger partial charge in [0.25, 0.3) is 5.91 Å². The first-order valence-electron chi connectivity index (χ1n) is 8.70. The zero-order valence-electron chi connectivity index (χ0n) is 15.1. The van der Waals surface area contributed by atoms with Crippen molar-refractivity contribution in [3.05, 3.63) is 54.1 Å². The molecule has 9 heteroatoms. The number of carbonyl (C=O) groups is 1. The van der Waals surface area contributed by atoms with Gasteiger partial charge in [0.15, 0.2) is 15.0 Å². The van der Waals surface area contributed by atoms with E-state index in [1.165, 1.54) is 11.8 Å². The number of hydrogen-bond acceptors (Lipinski definition) is 7. The monoisotopic (exact) mass is 417 g/mol. The Morgan fingerprint density at radius 1 is 1.14 bits per heavy atom. The Morgan fingerprint density at radius 2 is 1.89 bits per heavy atom. The Morgan fingerprint density at radius 3 is 2.61 bits per heavy atom. The molecule has 2 aromatic carbocycles. The number of nitrogens with one attached hydrogen (secondary N) is 2. The highest BCUT2D eigenvalue weighted by Crippen LogP contribution is 2.34. The molecule has 146 valence electrons. The highest BCUT2D eigenvalue weighted by molar-refractivity contribution is 8.15. The average Bonchev–Trinajstić information content (AvgIpc) is 3.15. The van der Waals surface area contributed by atoms with Crippen LogP contribution in [0.5, 0.6) is 5.75 Å². The van der Waals surface area contributed by atoms with Crippen LogP contribution in [-0.2, 0) is 9.84 Å². The second-order valence-corrected chi connectivity index (χ2v) is 9.97. The molecule has 0 aliphatic carbocycles. The van der Waals surface area contributed by atoms with Crippen molar-refractivity contribution in [2.45, 2.75) is 11.3 Å². The smallest absolute Gasteiger partial charge is 0.255 e. The van der Waals surface area contributed by atoms with E-state index < -0.39 is 9.84 Å². The minimum Gasteiger partial charge on any atom is -0.495 e. The predicted octanol–water partition coefficient (Wildman–Crippen LogP) is 2.63. The highest BCUT2D eigenvalue weighted by atomic mass is 32.2. The number of thioether (sulfide) groups is 1. The molecule has 0 radical (unpaired) electrons. The van der Waals surface area contributed by atoms with Gasteiger partial charge in [-0.15, -0.1) is 0 Å². The number of nitrogens with zero attached hydrogens (tertiary/aromatic N) is 1. The van der Waals surface area contributed by atoms with E-state index in [0.717, 1.165) is 10.9 Å². The van der Waals surface area contributed by atoms with Crippen molar-refractivity contribution < 1.29 is 17.9 Å². The third kappa shape index (κ3) is 4.00. The van der Waals surface area contributed by atoms with E-state index in [1.54, 1.807) is 43.5 Å². The molecular weight excluding hydrogens is 398 g/mol. The van der Waals surface area contributed by atoms with Gasteiger partial charge in [-0.3, -0.25) is 9.79 Å². The number of para-hydroxylation sites is 2. The molecule has 0 unspecified atom stereocenters. The van der Waals surface area contributed by atoms with Crippen LogP contribution in [0.4, 0.5) is 11.4 Å². The molecule has 0 bridgehead atoms. The van der Waals surface area contributed by atoms with Gasteiger partial charge in [-0.05, 0) is 36.4 Å². The maximum absolute atomic E-state index is 12.5. The van der Waals surface area contributed by atoms with E-state index in [4.69, 9.17) is 4.74 Å². The number of hydrogen-bond donors (Lipinski definition) is 2. The normalized spacial score (nSPS) is 22.2. The van der Waals surface area contributed by atoms with Crippen LogP contribution in [0.25, 0.3) is 0 Å². The summed E-state index contributed by atoms with van der Waals surface area (Å²) in [6.45, 7) is 0. The molecule has 1 fully saturated rings. The van der Waals surface area contributed by atoms with Crippen molar-refractivity contribution >= 4 is 44.0 Å². The van der Waals surface area contributed by atoms with E-state index in [1.807, 2.05) is 12.1 Å². The lowest BCUT2D eigenvalue weighted by Gasteiger charge is -2.11. The zero-order chi connectivity index (χ0) is 19.7. The van der Waals surface area contributed by atoms with Gasteiger partial charge in [0.05, 0.1) is 30.3 Å². The summed E-state index contributed by atoms with van der Waals surface area (Å²) >= 11 is 1.46. The molecule has 4 rings (SSSR count). The molecule has 2 N–H and O–H groups in total. The molecule has 2 aliphatic rings. The van der Waals surface area contributed by atoms with Crippen LogP contribution < -0.4 is 15.4 Å². The lowest BCUT2D eigenvalue weighted by molar-refractivity contribution is 0.102. The number of anilines is 2. The molecule has 2 heterocycles. The fourth-order valence-corrected chi connectivity index (χ4v) is 6.86. The number of benzene rings is 2. The number of carbonyl (C=O) groups excluding carboxylic acids is 1. The first-order chi connectivity index (χ1) is 13.4. The number of amides is 1. The quantitative estimate of drug-likeness (QED) is 0.794. The van der Waals surface area contributed by atoms with Crippen molar-refractivity contribution in [3.63, 3.8) is 0 Å². The maximum Gasteiger partial charge on any atom is 0.255 e. The molecular formula is C19H19N3O4S2. The van der Waals surface area contributed by atoms with Gasteiger partial charge < -0.3 is 15.4 Å². The number of methoxy groups -OCH3 is 1. The Kier molecular flexibility index (Phi) is 5.03. The summed E-state index contributed by atoms with van der Waals surface area (Å²) in [5.74, 6) is 0.665. The molecule has 28 heavy (non-hydrogen) atoms. The molecule has 2 atom stereocenters. The van der Waals surface area contributed by atoms with E-state index in [-0.39, 0.29) is 28.7 Å². The van der Waals surface area contributed by atoms with Gasteiger partial charge in [0.1, 0.15) is 5.75 Å². The summed E-state index contributed by atoms with van der Waals surface area (Å²) in [5.41, 5.74) is 1.92. The highest BCUT2D eigenvalue weighted by Gasteiger charge is 2.42. The van der Waals surface area contributed by atoms with E-state index in [0.29, 0.717) is 17.0 Å². The van der Waals surface area contributed by atoms with Gasteiger partial charge in [-0.25, -0.2) is 8.42 Å². The van der Waals surface area contributed by atoms with Crippen molar-refractivity contribution in [1.29, 1.82) is 0 Å². The largest absolute Gasteiger partial charge is 0.495 e. The number of aliphatic imine (C=N–C) groups is 1. The van der Waals surface area contributed by atoms with Crippen LogP contribution in [-0.4, -0.2) is 49.4 Å². The summed E-state index contributed by atoms with van der Waals surface area (Å²) in [4.78, 5) is 16.9. The minimum absolute atomic E-state index is 0.00148. The molecule has 0 spiro atoms. The van der Waals surface area contributed by atoms with Crippen LogP contribution in [0.15, 0.2) is 53.5 Å². The molecule has 2 aliphatic heterocycles. The number of rotatable bonds is 4. The van der Waals surface area contributed by atoms with Crippen LogP contribution in [0.3, 0.4) is 0 Å². The SMILES string of the molecule is COc1ccccc1NC(=O)c1ccc(NC2=N[C@@H]3CS(=O)(=O)C[C@@H]3S2)cc1. The lowest BCUT2D eigenvalue weighted by atomic mass is 10.2. The average molecular weight is 418 g/mol. The first-order valence-corrected chi connectivity index (χ1v) is 11.4. The minimum atomic E-state index is -2.96. The fourth-order valence-electron chi connectivity index (χ4n) is 3.19. The summed E-state index contributed by atoms with van der Waals surface area (Å²) < 4.78 is 28.5. The Labute approximate surface area is 167 Å². The van der Waals surface area contributed by atoms with E-state index in [9.17, 15) is 13.2 Å². The number of fused-ring (bicyclic) bond motifs is 1. The maximum atomic E-state index is 12.5. The second-order valence-electron chi connectivity index (χ2n) is 6.59. The Hall–Kier alpha value is -2.52. The summed E-state index contributed by atoms with van der Waals surface area (Å²) in [5, 5.41) is 6.75. The number of amidine groups is 1. The topological polar surface area (TPSA) is 96.9 Å². The van der Waals surface area contributed by atoms with Gasteiger partial charge in [0, 0.05) is 16.5 Å². The Balaban J connectivity index is 1.40. The summed E-state index contributed by atoms with van der Waals surface area (Å²) in [6.07, 6.45) is 0. The molecule has 1 amide bonds. The van der Waals surface area contributed by atoms with Gasteiger partial charge in [0.2, 0.25) is 0 Å². The van der Waals surface area contributed by atoms with E-state index in [2.05, 4.69) is 15.6 Å². The van der Waals surface area contributed by atoms with Gasteiger partial charge in [-0.1, -0.05) is 23.9 Å². The third-order valence-electron chi connectivity index (χ3n) is 4.57. The van der Waals surface area contributed by atoms with Crippen molar-refractivity contribution in [2.24, 2.45) is 4.99 Å². The van der Waals surface area contributed by atoms with Crippen molar-refractivity contribution in [2.75, 3.05) is 29.2 Å². The molecule has 2 aromatic rings. The van der Waals surface area contributed by atoms with Crippen molar-refractivity contribution in [3.8, 4) is 5.75 Å². The molecule has 1 saturated heterocycles. The predicted molar refractivity (Wildman–Crippen MR) is 112 cm³/mol. The first kappa shape index (κ1) is 18.8. The Bertz CT molecular complexity index is 1040. The third-order valence-corrected chi connectivity index (χ3v) is 7.71. The standard InChI is InChI=1S/C19H19N3O4S2/c1-26-16-5-3-2-4-14(16)21-18(23)12-6-8-13(9-7-12)20-19-22-15-10-28(24,25)11-17(15)27-19/h2-9,15,17H,10-11H2,1H3,(H,20,22)(H,21,23)/t15-,17+/m1/s1. The van der Waals surface area contributed by atoms with Gasteiger partial charge in [-0.2, -0.15) is 0 Å². The second kappa shape index (κ2) is 7.48. The summed E-state index contributed by atoms with van der Waals surface area (Å²) in [7, 11) is -1.40. The van der Waals surface area contributed by atoms with Gasteiger partial charge >= 0.3 is 0 Å². The molecule has 0 aromatic heterocycles. The number of sulfone groups is 1. The van der Waals surface area contributed by atoms with Crippen LogP contribution >= 0.6 is 11.8 Å². The number of ether oxygens (including phenoxy) is 1. The van der Waals surface area contributed by atoms with E-state index >= 15 is 0 Å². The summed E-state index contributed by atoms with van der Waals surface area (Å²) in [6, 6.07) is 14.1. The lowest BCUT2D eigenvalue weighted by Crippen LogP contribution is -2.13. The van der Waals surface area contributed by atoms with Crippen LogP contribution in [0.1, 0.15) is 10.4 Å². The van der Waals surface area contributed by atoms with Crippen LogP contribution in [0.2, 0.25) is 0 Å². The van der Waals surface area contributed by atoms with Crippen molar-refractivity contribution in [1.82, 2.24) is 0 Å².